The lowest BCUT2D eigenvalue weighted by Gasteiger charge is -2.08. The summed E-state index contributed by atoms with van der Waals surface area (Å²) in [5, 5.41) is 7.68. The number of nitrogens with zero attached hydrogens (tertiary/aromatic N) is 2. The molecular weight excluding hydrogens is 238 g/mol. The molecule has 102 valence electrons. The molecule has 0 saturated carbocycles. The van der Waals surface area contributed by atoms with E-state index in [1.165, 1.54) is 11.3 Å². The first-order valence-electron chi connectivity index (χ1n) is 6.76. The predicted octanol–water partition coefficient (Wildman–Crippen LogP) is 2.59. The van der Waals surface area contributed by atoms with Crippen molar-refractivity contribution >= 4 is 0 Å². The zero-order valence-corrected chi connectivity index (χ0v) is 11.6. The molecule has 2 aromatic rings. The molecule has 0 amide bonds. The van der Waals surface area contributed by atoms with E-state index in [-0.39, 0.29) is 0 Å². The van der Waals surface area contributed by atoms with Crippen molar-refractivity contribution in [3.8, 4) is 5.75 Å². The van der Waals surface area contributed by atoms with Crippen molar-refractivity contribution in [1.29, 1.82) is 0 Å². The van der Waals surface area contributed by atoms with Gasteiger partial charge >= 0.3 is 0 Å². The van der Waals surface area contributed by atoms with Gasteiger partial charge in [0.1, 0.15) is 5.75 Å². The SMILES string of the molecule is CCOc1ccc(CNCc2ccnn2CC)cc1. The number of aromatic nitrogens is 2. The summed E-state index contributed by atoms with van der Waals surface area (Å²) in [5.41, 5.74) is 2.47. The van der Waals surface area contributed by atoms with Crippen LogP contribution in [0.25, 0.3) is 0 Å². The van der Waals surface area contributed by atoms with Gasteiger partial charge in [-0.1, -0.05) is 12.1 Å². The molecule has 4 heteroatoms. The van der Waals surface area contributed by atoms with Crippen LogP contribution in [0, 0.1) is 0 Å². The Hall–Kier alpha value is -1.81. The Bertz CT molecular complexity index is 490. The lowest BCUT2D eigenvalue weighted by Crippen LogP contribution is -2.16. The molecular formula is C15H21N3O. The van der Waals surface area contributed by atoms with Gasteiger partial charge in [-0.15, -0.1) is 0 Å². The second-order valence-corrected chi connectivity index (χ2v) is 4.32. The minimum Gasteiger partial charge on any atom is -0.494 e. The van der Waals surface area contributed by atoms with Crippen molar-refractivity contribution in [2.24, 2.45) is 0 Å². The molecule has 0 aliphatic rings. The van der Waals surface area contributed by atoms with Crippen molar-refractivity contribution in [3.63, 3.8) is 0 Å². The second-order valence-electron chi connectivity index (χ2n) is 4.32. The Morgan fingerprint density at radius 3 is 2.58 bits per heavy atom. The Balaban J connectivity index is 1.82. The van der Waals surface area contributed by atoms with Crippen molar-refractivity contribution < 1.29 is 4.74 Å². The molecule has 0 fully saturated rings. The molecule has 19 heavy (non-hydrogen) atoms. The van der Waals surface area contributed by atoms with Crippen LogP contribution >= 0.6 is 0 Å². The summed E-state index contributed by atoms with van der Waals surface area (Å²) < 4.78 is 7.43. The fourth-order valence-corrected chi connectivity index (χ4v) is 2.00. The third-order valence-corrected chi connectivity index (χ3v) is 2.97. The van der Waals surface area contributed by atoms with Gasteiger partial charge in [-0.05, 0) is 37.6 Å². The summed E-state index contributed by atoms with van der Waals surface area (Å²) >= 11 is 0. The molecule has 1 aromatic heterocycles. The number of rotatable bonds is 7. The van der Waals surface area contributed by atoms with E-state index in [2.05, 4.69) is 35.5 Å². The fourth-order valence-electron chi connectivity index (χ4n) is 2.00. The molecule has 0 bridgehead atoms. The molecule has 0 radical (unpaired) electrons. The van der Waals surface area contributed by atoms with Crippen LogP contribution in [0.4, 0.5) is 0 Å². The first-order chi connectivity index (χ1) is 9.33. The molecule has 2 rings (SSSR count). The largest absolute Gasteiger partial charge is 0.494 e. The Morgan fingerprint density at radius 1 is 1.11 bits per heavy atom. The summed E-state index contributed by atoms with van der Waals surface area (Å²) in [4.78, 5) is 0. The lowest BCUT2D eigenvalue weighted by atomic mass is 10.2. The van der Waals surface area contributed by atoms with Crippen LogP contribution in [0.3, 0.4) is 0 Å². The number of hydrogen-bond acceptors (Lipinski definition) is 3. The van der Waals surface area contributed by atoms with Crippen molar-refractivity contribution in [3.05, 3.63) is 47.8 Å². The van der Waals surface area contributed by atoms with Gasteiger partial charge in [0.2, 0.25) is 0 Å². The molecule has 0 aliphatic carbocycles. The Labute approximate surface area is 114 Å². The first-order valence-corrected chi connectivity index (χ1v) is 6.76. The molecule has 1 N–H and O–H groups in total. The van der Waals surface area contributed by atoms with E-state index in [0.29, 0.717) is 6.61 Å². The van der Waals surface area contributed by atoms with Crippen molar-refractivity contribution in [1.82, 2.24) is 15.1 Å². The van der Waals surface area contributed by atoms with Crippen LogP contribution in [0.2, 0.25) is 0 Å². The molecule has 1 heterocycles. The minimum atomic E-state index is 0.707. The van der Waals surface area contributed by atoms with E-state index in [9.17, 15) is 0 Å². The summed E-state index contributed by atoms with van der Waals surface area (Å²) in [5.74, 6) is 0.926. The maximum atomic E-state index is 5.42. The average Bonchev–Trinajstić information content (AvgIpc) is 2.88. The van der Waals surface area contributed by atoms with E-state index in [1.807, 2.05) is 29.9 Å². The highest BCUT2D eigenvalue weighted by Crippen LogP contribution is 2.12. The molecule has 0 spiro atoms. The van der Waals surface area contributed by atoms with Crippen LogP contribution < -0.4 is 10.1 Å². The summed E-state index contributed by atoms with van der Waals surface area (Å²) in [7, 11) is 0. The van der Waals surface area contributed by atoms with Crippen LogP contribution in [0.15, 0.2) is 36.5 Å². The molecule has 0 atom stereocenters. The van der Waals surface area contributed by atoms with Gasteiger partial charge in [0, 0.05) is 25.8 Å². The highest BCUT2D eigenvalue weighted by molar-refractivity contribution is 5.27. The van der Waals surface area contributed by atoms with E-state index in [0.717, 1.165) is 25.4 Å². The van der Waals surface area contributed by atoms with Gasteiger partial charge in [0.05, 0.1) is 12.3 Å². The molecule has 0 unspecified atom stereocenters. The maximum Gasteiger partial charge on any atom is 0.119 e. The van der Waals surface area contributed by atoms with Crippen molar-refractivity contribution in [2.75, 3.05) is 6.61 Å². The lowest BCUT2D eigenvalue weighted by molar-refractivity contribution is 0.340. The van der Waals surface area contributed by atoms with Gasteiger partial charge in [-0.3, -0.25) is 4.68 Å². The molecule has 0 aliphatic heterocycles. The zero-order chi connectivity index (χ0) is 13.5. The quantitative estimate of drug-likeness (QED) is 0.830. The van der Waals surface area contributed by atoms with Gasteiger partial charge in [-0.25, -0.2) is 0 Å². The Kier molecular flexibility index (Phi) is 4.98. The fraction of sp³-hybridized carbons (Fsp3) is 0.400. The Morgan fingerprint density at radius 2 is 1.89 bits per heavy atom. The third-order valence-electron chi connectivity index (χ3n) is 2.97. The van der Waals surface area contributed by atoms with E-state index < -0.39 is 0 Å². The van der Waals surface area contributed by atoms with E-state index >= 15 is 0 Å². The van der Waals surface area contributed by atoms with Crippen LogP contribution in [0.1, 0.15) is 25.1 Å². The number of hydrogen-bond donors (Lipinski definition) is 1. The van der Waals surface area contributed by atoms with Crippen LogP contribution in [-0.2, 0) is 19.6 Å². The van der Waals surface area contributed by atoms with Gasteiger partial charge in [0.15, 0.2) is 0 Å². The van der Waals surface area contributed by atoms with Gasteiger partial charge in [0.25, 0.3) is 0 Å². The normalized spacial score (nSPS) is 10.6. The number of benzene rings is 1. The zero-order valence-electron chi connectivity index (χ0n) is 11.6. The summed E-state index contributed by atoms with van der Waals surface area (Å²) in [6, 6.07) is 10.3. The topological polar surface area (TPSA) is 39.1 Å². The van der Waals surface area contributed by atoms with Crippen LogP contribution in [0.5, 0.6) is 5.75 Å². The minimum absolute atomic E-state index is 0.707. The highest BCUT2D eigenvalue weighted by atomic mass is 16.5. The monoisotopic (exact) mass is 259 g/mol. The molecule has 1 aromatic carbocycles. The average molecular weight is 259 g/mol. The maximum absolute atomic E-state index is 5.42. The van der Waals surface area contributed by atoms with Crippen molar-refractivity contribution in [2.45, 2.75) is 33.5 Å². The summed E-state index contributed by atoms with van der Waals surface area (Å²) in [6.45, 7) is 7.39. The van der Waals surface area contributed by atoms with Crippen LogP contribution in [-0.4, -0.2) is 16.4 Å². The summed E-state index contributed by atoms with van der Waals surface area (Å²) in [6.07, 6.45) is 1.84. The van der Waals surface area contributed by atoms with E-state index in [1.54, 1.807) is 0 Å². The molecule has 4 nitrogen and oxygen atoms in total. The van der Waals surface area contributed by atoms with Gasteiger partial charge in [-0.2, -0.15) is 5.10 Å². The van der Waals surface area contributed by atoms with E-state index in [4.69, 9.17) is 4.74 Å². The smallest absolute Gasteiger partial charge is 0.119 e. The second kappa shape index (κ2) is 6.95. The molecule has 0 saturated heterocycles. The third kappa shape index (κ3) is 3.83. The number of nitrogens with one attached hydrogen (secondary N) is 1. The van der Waals surface area contributed by atoms with Gasteiger partial charge < -0.3 is 10.1 Å². The number of aryl methyl sites for hydroxylation is 1. The predicted molar refractivity (Wildman–Crippen MR) is 76.1 cm³/mol. The standard InChI is InChI=1S/C15H21N3O/c1-3-18-14(9-10-17-18)12-16-11-13-5-7-15(8-6-13)19-4-2/h5-10,16H,3-4,11-12H2,1-2H3. The first kappa shape index (κ1) is 13.6. The highest BCUT2D eigenvalue weighted by Gasteiger charge is 2.00. The number of ether oxygens (including phenoxy) is 1.